The van der Waals surface area contributed by atoms with Crippen LogP contribution in [0.3, 0.4) is 0 Å². The van der Waals surface area contributed by atoms with Gasteiger partial charge in [-0.1, -0.05) is 0 Å². The lowest BCUT2D eigenvalue weighted by molar-refractivity contribution is -0.135. The second-order valence-corrected chi connectivity index (χ2v) is 8.08. The van der Waals surface area contributed by atoms with E-state index in [1.807, 2.05) is 13.1 Å². The SMILES string of the molecule is COCCN(C)C(=O)[C@@H]1CC[C@H](NC(=O)c2ccc[nH]2)CN(C2CCOCC2)C1. The molecule has 8 nitrogen and oxygen atoms in total. The van der Waals surface area contributed by atoms with Gasteiger partial charge in [0.1, 0.15) is 5.69 Å². The average molecular weight is 407 g/mol. The van der Waals surface area contributed by atoms with E-state index in [4.69, 9.17) is 9.47 Å². The summed E-state index contributed by atoms with van der Waals surface area (Å²) in [7, 11) is 3.49. The molecule has 0 unspecified atom stereocenters. The Bertz CT molecular complexity index is 645. The topological polar surface area (TPSA) is 86.9 Å². The van der Waals surface area contributed by atoms with Gasteiger partial charge in [-0.05, 0) is 37.8 Å². The molecular weight excluding hydrogens is 372 g/mol. The summed E-state index contributed by atoms with van der Waals surface area (Å²) in [6.07, 6.45) is 5.25. The minimum atomic E-state index is -0.0890. The highest BCUT2D eigenvalue weighted by atomic mass is 16.5. The Morgan fingerprint density at radius 1 is 1.28 bits per heavy atom. The Labute approximate surface area is 172 Å². The van der Waals surface area contributed by atoms with E-state index in [0.717, 1.165) is 52.0 Å². The van der Waals surface area contributed by atoms with Crippen molar-refractivity contribution in [1.29, 1.82) is 0 Å². The molecule has 2 aliphatic rings. The Morgan fingerprint density at radius 2 is 2.07 bits per heavy atom. The number of methoxy groups -OCH3 is 1. The van der Waals surface area contributed by atoms with Crippen LogP contribution in [0.1, 0.15) is 36.2 Å². The van der Waals surface area contributed by atoms with Gasteiger partial charge in [0.15, 0.2) is 0 Å². The molecule has 29 heavy (non-hydrogen) atoms. The number of ether oxygens (including phenoxy) is 2. The van der Waals surface area contributed by atoms with E-state index < -0.39 is 0 Å². The van der Waals surface area contributed by atoms with Crippen LogP contribution in [-0.2, 0) is 14.3 Å². The largest absolute Gasteiger partial charge is 0.383 e. The first-order valence-electron chi connectivity index (χ1n) is 10.6. The first-order valence-corrected chi connectivity index (χ1v) is 10.6. The van der Waals surface area contributed by atoms with E-state index in [9.17, 15) is 9.59 Å². The van der Waals surface area contributed by atoms with Gasteiger partial charge in [0, 0.05) is 65.3 Å². The number of amides is 2. The van der Waals surface area contributed by atoms with E-state index in [0.29, 0.717) is 24.9 Å². The van der Waals surface area contributed by atoms with E-state index in [-0.39, 0.29) is 23.8 Å². The maximum atomic E-state index is 13.0. The van der Waals surface area contributed by atoms with Crippen LogP contribution in [-0.4, -0.2) is 92.3 Å². The van der Waals surface area contributed by atoms with Crippen LogP contribution in [0.15, 0.2) is 18.3 Å². The molecule has 3 rings (SSSR count). The number of nitrogens with one attached hydrogen (secondary N) is 2. The molecule has 8 heteroatoms. The molecule has 0 aliphatic carbocycles. The van der Waals surface area contributed by atoms with Crippen molar-refractivity contribution in [2.45, 2.75) is 37.8 Å². The van der Waals surface area contributed by atoms with E-state index in [2.05, 4.69) is 15.2 Å². The Kier molecular flexibility index (Phi) is 8.09. The normalized spacial score (nSPS) is 24.1. The van der Waals surface area contributed by atoms with Crippen molar-refractivity contribution in [3.8, 4) is 0 Å². The lowest BCUT2D eigenvalue weighted by Gasteiger charge is -2.36. The van der Waals surface area contributed by atoms with Gasteiger partial charge in [0.05, 0.1) is 12.5 Å². The maximum absolute atomic E-state index is 13.0. The van der Waals surface area contributed by atoms with Gasteiger partial charge in [0.25, 0.3) is 5.91 Å². The van der Waals surface area contributed by atoms with Crippen molar-refractivity contribution in [2.24, 2.45) is 5.92 Å². The predicted octanol–water partition coefficient (Wildman–Crippen LogP) is 1.11. The lowest BCUT2D eigenvalue weighted by atomic mass is 9.99. The minimum absolute atomic E-state index is 0.0238. The zero-order chi connectivity index (χ0) is 20.6. The summed E-state index contributed by atoms with van der Waals surface area (Å²) in [6.45, 7) is 4.14. The van der Waals surface area contributed by atoms with Crippen LogP contribution in [0.25, 0.3) is 0 Å². The number of likely N-dealkylation sites (tertiary alicyclic amines) is 1. The third kappa shape index (κ3) is 6.04. The quantitative estimate of drug-likeness (QED) is 0.708. The van der Waals surface area contributed by atoms with Gasteiger partial charge >= 0.3 is 0 Å². The van der Waals surface area contributed by atoms with E-state index in [1.54, 1.807) is 24.3 Å². The van der Waals surface area contributed by atoms with Crippen molar-refractivity contribution in [2.75, 3.05) is 53.6 Å². The minimum Gasteiger partial charge on any atom is -0.383 e. The zero-order valence-corrected chi connectivity index (χ0v) is 17.6. The molecule has 0 saturated carbocycles. The number of carbonyl (C=O) groups excluding carboxylic acids is 2. The molecule has 2 atom stereocenters. The molecule has 0 bridgehead atoms. The highest BCUT2D eigenvalue weighted by Crippen LogP contribution is 2.24. The number of aromatic amines is 1. The molecule has 1 aromatic rings. The van der Waals surface area contributed by atoms with Crippen molar-refractivity contribution in [1.82, 2.24) is 20.1 Å². The van der Waals surface area contributed by atoms with Gasteiger partial charge in [0.2, 0.25) is 5.91 Å². The monoisotopic (exact) mass is 406 g/mol. The number of H-pyrrole nitrogens is 1. The van der Waals surface area contributed by atoms with E-state index >= 15 is 0 Å². The van der Waals surface area contributed by atoms with Crippen LogP contribution in [0, 0.1) is 5.92 Å². The molecule has 1 aromatic heterocycles. The second-order valence-electron chi connectivity index (χ2n) is 8.08. The van der Waals surface area contributed by atoms with Crippen LogP contribution < -0.4 is 5.32 Å². The molecular formula is C21H34N4O4. The lowest BCUT2D eigenvalue weighted by Crippen LogP contribution is -2.49. The number of likely N-dealkylation sites (N-methyl/N-ethyl adjacent to an activating group) is 1. The Balaban J connectivity index is 1.68. The first-order chi connectivity index (χ1) is 14.1. The molecule has 2 saturated heterocycles. The summed E-state index contributed by atoms with van der Waals surface area (Å²) < 4.78 is 10.6. The Morgan fingerprint density at radius 3 is 2.76 bits per heavy atom. The van der Waals surface area contributed by atoms with Gasteiger partial charge in [-0.2, -0.15) is 0 Å². The molecule has 3 heterocycles. The van der Waals surface area contributed by atoms with Crippen LogP contribution in [0.4, 0.5) is 0 Å². The van der Waals surface area contributed by atoms with Crippen molar-refractivity contribution >= 4 is 11.8 Å². The van der Waals surface area contributed by atoms with Gasteiger partial charge < -0.3 is 24.7 Å². The summed E-state index contributed by atoms with van der Waals surface area (Å²) in [6, 6.07) is 4.02. The molecule has 0 spiro atoms. The first kappa shape index (κ1) is 21.8. The molecule has 2 N–H and O–H groups in total. The fourth-order valence-corrected chi connectivity index (χ4v) is 4.28. The summed E-state index contributed by atoms with van der Waals surface area (Å²) in [4.78, 5) is 32.7. The van der Waals surface area contributed by atoms with Crippen LogP contribution >= 0.6 is 0 Å². The summed E-state index contributed by atoms with van der Waals surface area (Å²) in [5.74, 6) is 0.0106. The van der Waals surface area contributed by atoms with Crippen molar-refractivity contribution < 1.29 is 19.1 Å². The molecule has 2 amide bonds. The molecule has 0 aromatic carbocycles. The van der Waals surface area contributed by atoms with Crippen molar-refractivity contribution in [3.05, 3.63) is 24.0 Å². The average Bonchev–Trinajstić information content (AvgIpc) is 3.21. The fraction of sp³-hybridized carbons (Fsp3) is 0.714. The highest BCUT2D eigenvalue weighted by Gasteiger charge is 2.34. The van der Waals surface area contributed by atoms with Gasteiger partial charge in [-0.25, -0.2) is 0 Å². The summed E-state index contributed by atoms with van der Waals surface area (Å²) in [5, 5.41) is 3.17. The van der Waals surface area contributed by atoms with Gasteiger partial charge in [-0.3, -0.25) is 14.5 Å². The van der Waals surface area contributed by atoms with E-state index in [1.165, 1.54) is 0 Å². The zero-order valence-electron chi connectivity index (χ0n) is 17.6. The highest BCUT2D eigenvalue weighted by molar-refractivity contribution is 5.92. The smallest absolute Gasteiger partial charge is 0.267 e. The Hall–Kier alpha value is -1.90. The third-order valence-electron chi connectivity index (χ3n) is 6.01. The number of hydrogen-bond donors (Lipinski definition) is 2. The molecule has 2 aliphatic heterocycles. The molecule has 162 valence electrons. The number of aromatic nitrogens is 1. The predicted molar refractivity (Wildman–Crippen MR) is 110 cm³/mol. The molecule has 2 fully saturated rings. The fourth-order valence-electron chi connectivity index (χ4n) is 4.28. The third-order valence-corrected chi connectivity index (χ3v) is 6.01. The summed E-state index contributed by atoms with van der Waals surface area (Å²) in [5.41, 5.74) is 0.568. The summed E-state index contributed by atoms with van der Waals surface area (Å²) >= 11 is 0. The second kappa shape index (κ2) is 10.8. The number of hydrogen-bond acceptors (Lipinski definition) is 5. The van der Waals surface area contributed by atoms with Crippen LogP contribution in [0.5, 0.6) is 0 Å². The number of rotatable bonds is 7. The molecule has 0 radical (unpaired) electrons. The van der Waals surface area contributed by atoms with Crippen molar-refractivity contribution in [3.63, 3.8) is 0 Å². The standard InChI is InChI=1S/C21H34N4O4/c1-24(10-13-28-2)21(27)16-5-6-17(23-20(26)19-4-3-9-22-19)15-25(14-16)18-7-11-29-12-8-18/h3-4,9,16-18,22H,5-8,10-15H2,1-2H3,(H,23,26)/t16-,17+/m1/s1. The van der Waals surface area contributed by atoms with Crippen LogP contribution in [0.2, 0.25) is 0 Å². The number of nitrogens with zero attached hydrogens (tertiary/aromatic N) is 2. The van der Waals surface area contributed by atoms with Gasteiger partial charge in [-0.15, -0.1) is 0 Å². The number of carbonyl (C=O) groups is 2. The maximum Gasteiger partial charge on any atom is 0.267 e.